The number of carboxylic acid groups (broad SMARTS) is 1. The van der Waals surface area contributed by atoms with Gasteiger partial charge in [0.05, 0.1) is 12.0 Å². The van der Waals surface area contributed by atoms with Crippen molar-refractivity contribution in [2.24, 2.45) is 0 Å². The molecule has 2 aromatic carbocycles. The smallest absolute Gasteiger partial charge is 0.416 e. The van der Waals surface area contributed by atoms with Crippen molar-refractivity contribution in [1.82, 2.24) is 5.32 Å². The molecule has 0 radical (unpaired) electrons. The number of nitrogens with one attached hydrogen (secondary N) is 1. The number of alkyl halides is 3. The van der Waals surface area contributed by atoms with E-state index in [2.05, 4.69) is 5.32 Å². The summed E-state index contributed by atoms with van der Waals surface area (Å²) < 4.78 is 38.2. The second-order valence-electron chi connectivity index (χ2n) is 6.46. The second kappa shape index (κ2) is 8.24. The van der Waals surface area contributed by atoms with E-state index in [-0.39, 0.29) is 18.4 Å². The van der Waals surface area contributed by atoms with Gasteiger partial charge in [0.1, 0.15) is 6.04 Å². The Morgan fingerprint density at radius 3 is 2.33 bits per heavy atom. The molecule has 1 amide bonds. The maximum absolute atomic E-state index is 12.7. The standard InChI is InChI=1S/C20H20F3NO3/c1-12-6-7-15(8-13(12)2)10-17(19(26)27)24-18(25)11-14-4-3-5-16(9-14)20(21,22)23/h3-9,17H,10-11H2,1-2H3,(H,24,25)(H,26,27)/t17-/m1/s1. The Labute approximate surface area is 155 Å². The van der Waals surface area contributed by atoms with Crippen molar-refractivity contribution in [3.05, 3.63) is 70.3 Å². The third kappa shape index (κ3) is 5.84. The van der Waals surface area contributed by atoms with Crippen LogP contribution < -0.4 is 5.32 Å². The molecule has 0 aliphatic heterocycles. The predicted octanol–water partition coefficient (Wildman–Crippen LogP) is 3.68. The zero-order valence-corrected chi connectivity index (χ0v) is 14.9. The summed E-state index contributed by atoms with van der Waals surface area (Å²) in [6.45, 7) is 3.84. The van der Waals surface area contributed by atoms with Crippen LogP contribution in [0.4, 0.5) is 13.2 Å². The molecule has 0 aliphatic rings. The van der Waals surface area contributed by atoms with Crippen molar-refractivity contribution in [3.8, 4) is 0 Å². The van der Waals surface area contributed by atoms with E-state index < -0.39 is 29.7 Å². The lowest BCUT2D eigenvalue weighted by molar-refractivity contribution is -0.141. The molecule has 0 saturated carbocycles. The van der Waals surface area contributed by atoms with E-state index in [0.717, 1.165) is 28.8 Å². The van der Waals surface area contributed by atoms with Gasteiger partial charge in [0.25, 0.3) is 0 Å². The first-order chi connectivity index (χ1) is 12.6. The number of carbonyl (C=O) groups is 2. The second-order valence-corrected chi connectivity index (χ2v) is 6.46. The van der Waals surface area contributed by atoms with Gasteiger partial charge in [-0.15, -0.1) is 0 Å². The van der Waals surface area contributed by atoms with Crippen molar-refractivity contribution in [2.75, 3.05) is 0 Å². The van der Waals surface area contributed by atoms with Crippen molar-refractivity contribution >= 4 is 11.9 Å². The fraction of sp³-hybridized carbons (Fsp3) is 0.300. The largest absolute Gasteiger partial charge is 0.480 e. The summed E-state index contributed by atoms with van der Waals surface area (Å²) in [7, 11) is 0. The zero-order chi connectivity index (χ0) is 20.2. The fourth-order valence-corrected chi connectivity index (χ4v) is 2.65. The molecule has 7 heteroatoms. The van der Waals surface area contributed by atoms with Crippen LogP contribution >= 0.6 is 0 Å². The molecule has 2 N–H and O–H groups in total. The normalized spacial score (nSPS) is 12.5. The highest BCUT2D eigenvalue weighted by molar-refractivity contribution is 5.85. The Kier molecular flexibility index (Phi) is 6.25. The highest BCUT2D eigenvalue weighted by Crippen LogP contribution is 2.29. The van der Waals surface area contributed by atoms with E-state index in [1.165, 1.54) is 12.1 Å². The van der Waals surface area contributed by atoms with Crippen LogP contribution in [0.1, 0.15) is 27.8 Å². The maximum Gasteiger partial charge on any atom is 0.416 e. The average Bonchev–Trinajstić information content (AvgIpc) is 2.57. The highest BCUT2D eigenvalue weighted by atomic mass is 19.4. The van der Waals surface area contributed by atoms with Crippen molar-refractivity contribution in [1.29, 1.82) is 0 Å². The first kappa shape index (κ1) is 20.5. The molecule has 0 bridgehead atoms. The fourth-order valence-electron chi connectivity index (χ4n) is 2.65. The first-order valence-corrected chi connectivity index (χ1v) is 8.30. The SMILES string of the molecule is Cc1ccc(C[C@@H](NC(=O)Cc2cccc(C(F)(F)F)c2)C(=O)O)cc1C. The molecule has 144 valence electrons. The number of aryl methyl sites for hydroxylation is 2. The van der Waals surface area contributed by atoms with E-state index in [9.17, 15) is 27.9 Å². The molecular weight excluding hydrogens is 359 g/mol. The van der Waals surface area contributed by atoms with Crippen LogP contribution in [0.3, 0.4) is 0 Å². The number of aliphatic carboxylic acids is 1. The van der Waals surface area contributed by atoms with E-state index in [1.807, 2.05) is 26.0 Å². The summed E-state index contributed by atoms with van der Waals surface area (Å²) in [5.41, 5.74) is 2.14. The number of amides is 1. The van der Waals surface area contributed by atoms with E-state index in [1.54, 1.807) is 6.07 Å². The molecule has 0 aliphatic carbocycles. The molecule has 4 nitrogen and oxygen atoms in total. The monoisotopic (exact) mass is 379 g/mol. The van der Waals surface area contributed by atoms with Gasteiger partial charge in [-0.1, -0.05) is 36.4 Å². The summed E-state index contributed by atoms with van der Waals surface area (Å²) in [5, 5.41) is 11.7. The van der Waals surface area contributed by atoms with Crippen LogP contribution in [-0.2, 0) is 28.6 Å². The molecule has 0 spiro atoms. The zero-order valence-electron chi connectivity index (χ0n) is 14.9. The summed E-state index contributed by atoms with van der Waals surface area (Å²) in [6.07, 6.45) is -4.75. The van der Waals surface area contributed by atoms with Gasteiger partial charge in [0.15, 0.2) is 0 Å². The van der Waals surface area contributed by atoms with Gasteiger partial charge < -0.3 is 10.4 Å². The van der Waals surface area contributed by atoms with Gasteiger partial charge in [0.2, 0.25) is 5.91 Å². The molecule has 27 heavy (non-hydrogen) atoms. The molecule has 2 aromatic rings. The molecule has 2 rings (SSSR count). The van der Waals surface area contributed by atoms with E-state index in [4.69, 9.17) is 0 Å². The Hall–Kier alpha value is -2.83. The average molecular weight is 379 g/mol. The number of halogens is 3. The Morgan fingerprint density at radius 1 is 1.04 bits per heavy atom. The van der Waals surface area contributed by atoms with Crippen molar-refractivity contribution in [3.63, 3.8) is 0 Å². The lowest BCUT2D eigenvalue weighted by Crippen LogP contribution is -2.43. The Morgan fingerprint density at radius 2 is 1.74 bits per heavy atom. The molecule has 0 heterocycles. The third-order valence-corrected chi connectivity index (χ3v) is 4.26. The van der Waals surface area contributed by atoms with Gasteiger partial charge >= 0.3 is 12.1 Å². The third-order valence-electron chi connectivity index (χ3n) is 4.26. The molecule has 0 fully saturated rings. The number of carbonyl (C=O) groups excluding carboxylic acids is 1. The van der Waals surface area contributed by atoms with Crippen LogP contribution in [0.2, 0.25) is 0 Å². The topological polar surface area (TPSA) is 66.4 Å². The van der Waals surface area contributed by atoms with Crippen molar-refractivity contribution in [2.45, 2.75) is 38.9 Å². The van der Waals surface area contributed by atoms with E-state index >= 15 is 0 Å². The molecular formula is C20H20F3NO3. The summed E-state index contributed by atoms with van der Waals surface area (Å²) in [4.78, 5) is 23.6. The predicted molar refractivity (Wildman–Crippen MR) is 94.3 cm³/mol. The lowest BCUT2D eigenvalue weighted by Gasteiger charge is -2.16. The van der Waals surface area contributed by atoms with Gasteiger partial charge in [-0.05, 0) is 42.2 Å². The molecule has 0 unspecified atom stereocenters. The van der Waals surface area contributed by atoms with Crippen molar-refractivity contribution < 1.29 is 27.9 Å². The minimum atomic E-state index is -4.50. The Bertz CT molecular complexity index is 847. The first-order valence-electron chi connectivity index (χ1n) is 8.30. The van der Waals surface area contributed by atoms with Gasteiger partial charge in [-0.25, -0.2) is 4.79 Å². The van der Waals surface area contributed by atoms with Crippen LogP contribution in [-0.4, -0.2) is 23.0 Å². The Balaban J connectivity index is 2.07. The number of rotatable bonds is 6. The summed E-state index contributed by atoms with van der Waals surface area (Å²) >= 11 is 0. The number of hydrogen-bond acceptors (Lipinski definition) is 2. The lowest BCUT2D eigenvalue weighted by atomic mass is 10.0. The molecule has 1 atom stereocenters. The molecule has 0 aromatic heterocycles. The maximum atomic E-state index is 12.7. The highest BCUT2D eigenvalue weighted by Gasteiger charge is 2.30. The van der Waals surface area contributed by atoms with Crippen LogP contribution in [0.25, 0.3) is 0 Å². The van der Waals surface area contributed by atoms with Crippen LogP contribution in [0, 0.1) is 13.8 Å². The summed E-state index contributed by atoms with van der Waals surface area (Å²) in [5.74, 6) is -1.85. The van der Waals surface area contributed by atoms with Gasteiger partial charge in [-0.3, -0.25) is 4.79 Å². The van der Waals surface area contributed by atoms with Crippen LogP contribution in [0.5, 0.6) is 0 Å². The number of benzene rings is 2. The quantitative estimate of drug-likeness (QED) is 0.805. The number of hydrogen-bond donors (Lipinski definition) is 2. The number of carboxylic acids is 1. The molecule has 0 saturated heterocycles. The van der Waals surface area contributed by atoms with Gasteiger partial charge in [0, 0.05) is 6.42 Å². The minimum Gasteiger partial charge on any atom is -0.480 e. The summed E-state index contributed by atoms with van der Waals surface area (Å²) in [6, 6.07) is 8.77. The minimum absolute atomic E-state index is 0.0881. The van der Waals surface area contributed by atoms with E-state index in [0.29, 0.717) is 0 Å². The van der Waals surface area contributed by atoms with Crippen LogP contribution in [0.15, 0.2) is 42.5 Å². The van der Waals surface area contributed by atoms with Gasteiger partial charge in [-0.2, -0.15) is 13.2 Å².